The first-order valence-corrected chi connectivity index (χ1v) is 3.29. The second-order valence-corrected chi connectivity index (χ2v) is 2.16. The maximum absolute atomic E-state index is 9.27. The number of pyridine rings is 1. The van der Waals surface area contributed by atoms with Crippen LogP contribution in [-0.2, 0) is 0 Å². The lowest BCUT2D eigenvalue weighted by Gasteiger charge is -2.03. The number of aromatic nitrogens is 1. The van der Waals surface area contributed by atoms with Crippen LogP contribution in [-0.4, -0.2) is 10.1 Å². The highest BCUT2D eigenvalue weighted by Crippen LogP contribution is 2.13. The van der Waals surface area contributed by atoms with E-state index in [2.05, 4.69) is 4.98 Å². The Morgan fingerprint density at radius 1 is 1.55 bits per heavy atom. The van der Waals surface area contributed by atoms with Crippen molar-refractivity contribution in [1.82, 2.24) is 4.98 Å². The van der Waals surface area contributed by atoms with Gasteiger partial charge >= 0.3 is 0 Å². The molecule has 0 aromatic carbocycles. The molecule has 3 heteroatoms. The summed E-state index contributed by atoms with van der Waals surface area (Å²) in [7, 11) is 0. The Labute approximate surface area is 64.9 Å². The molecule has 0 unspecified atom stereocenters. The lowest BCUT2D eigenvalue weighted by molar-refractivity contribution is 0.183. The molecule has 1 atom stereocenters. The van der Waals surface area contributed by atoms with Crippen LogP contribution in [0.1, 0.15) is 18.1 Å². The fraction of sp³-hybridized carbons (Fsp3) is 0.250. The molecule has 1 N–H and O–H groups in total. The molecule has 0 aliphatic carbocycles. The van der Waals surface area contributed by atoms with Gasteiger partial charge in [-0.05, 0) is 17.7 Å². The first-order valence-electron chi connectivity index (χ1n) is 3.29. The Balaban J connectivity index is 2.70. The Bertz CT molecular complexity index is 253. The highest BCUT2D eigenvalue weighted by Gasteiger charge is 2.04. The zero-order chi connectivity index (χ0) is 8.10. The van der Waals surface area contributed by atoms with Crippen LogP contribution in [0.5, 0.6) is 0 Å². The van der Waals surface area contributed by atoms with Gasteiger partial charge in [0.15, 0.2) is 0 Å². The standard InChI is InChI=1S/C8H8N2O/c9-4-1-8(11)7-2-5-10-6-3-7/h2-3,5-6,8,11H,1H2/t8-/m1/s1. The summed E-state index contributed by atoms with van der Waals surface area (Å²) < 4.78 is 0. The average molecular weight is 148 g/mol. The van der Waals surface area contributed by atoms with Gasteiger partial charge in [-0.1, -0.05) is 0 Å². The van der Waals surface area contributed by atoms with Crippen LogP contribution >= 0.6 is 0 Å². The topological polar surface area (TPSA) is 56.9 Å². The molecular weight excluding hydrogens is 140 g/mol. The van der Waals surface area contributed by atoms with Crippen LogP contribution < -0.4 is 0 Å². The van der Waals surface area contributed by atoms with Gasteiger partial charge in [0.1, 0.15) is 0 Å². The summed E-state index contributed by atoms with van der Waals surface area (Å²) in [6, 6.07) is 5.29. The molecule has 0 saturated carbocycles. The molecular formula is C8H8N2O. The van der Waals surface area contributed by atoms with Crippen molar-refractivity contribution in [3.8, 4) is 6.07 Å². The quantitative estimate of drug-likeness (QED) is 0.681. The third kappa shape index (κ3) is 2.03. The second-order valence-electron chi connectivity index (χ2n) is 2.16. The van der Waals surface area contributed by atoms with Gasteiger partial charge in [0.25, 0.3) is 0 Å². The summed E-state index contributed by atoms with van der Waals surface area (Å²) >= 11 is 0. The first kappa shape index (κ1) is 7.70. The molecule has 1 aromatic rings. The maximum atomic E-state index is 9.27. The van der Waals surface area contributed by atoms with Crippen molar-refractivity contribution in [3.05, 3.63) is 30.1 Å². The predicted octanol–water partition coefficient (Wildman–Crippen LogP) is 1.03. The molecule has 56 valence electrons. The van der Waals surface area contributed by atoms with E-state index < -0.39 is 6.10 Å². The molecule has 1 heterocycles. The molecule has 0 saturated heterocycles. The van der Waals surface area contributed by atoms with E-state index >= 15 is 0 Å². The zero-order valence-electron chi connectivity index (χ0n) is 5.94. The third-order valence-electron chi connectivity index (χ3n) is 1.38. The minimum atomic E-state index is -0.678. The number of nitriles is 1. The van der Waals surface area contributed by atoms with Crippen molar-refractivity contribution >= 4 is 0 Å². The maximum Gasteiger partial charge on any atom is 0.0921 e. The van der Waals surface area contributed by atoms with Gasteiger partial charge in [0.2, 0.25) is 0 Å². The van der Waals surface area contributed by atoms with Crippen molar-refractivity contribution in [3.63, 3.8) is 0 Å². The highest BCUT2D eigenvalue weighted by molar-refractivity contribution is 5.13. The van der Waals surface area contributed by atoms with Gasteiger partial charge in [-0.2, -0.15) is 5.26 Å². The fourth-order valence-corrected chi connectivity index (χ4v) is 0.790. The minimum absolute atomic E-state index is 0.129. The lowest BCUT2D eigenvalue weighted by Crippen LogP contribution is -1.94. The predicted molar refractivity (Wildman–Crippen MR) is 39.4 cm³/mol. The molecule has 1 rings (SSSR count). The van der Waals surface area contributed by atoms with Crippen molar-refractivity contribution in [2.75, 3.05) is 0 Å². The van der Waals surface area contributed by atoms with E-state index in [-0.39, 0.29) is 6.42 Å². The molecule has 11 heavy (non-hydrogen) atoms. The summed E-state index contributed by atoms with van der Waals surface area (Å²) in [4.78, 5) is 3.79. The van der Waals surface area contributed by atoms with Crippen LogP contribution in [0, 0.1) is 11.3 Å². The van der Waals surface area contributed by atoms with Gasteiger partial charge in [0, 0.05) is 12.4 Å². The number of nitrogens with zero attached hydrogens (tertiary/aromatic N) is 2. The Hall–Kier alpha value is -1.40. The number of rotatable bonds is 2. The largest absolute Gasteiger partial charge is 0.387 e. The van der Waals surface area contributed by atoms with Gasteiger partial charge in [0.05, 0.1) is 18.6 Å². The van der Waals surface area contributed by atoms with Crippen LogP contribution in [0.15, 0.2) is 24.5 Å². The number of hydrogen-bond donors (Lipinski definition) is 1. The monoisotopic (exact) mass is 148 g/mol. The molecule has 3 nitrogen and oxygen atoms in total. The number of aliphatic hydroxyl groups is 1. The van der Waals surface area contributed by atoms with Gasteiger partial charge < -0.3 is 5.11 Å². The lowest BCUT2D eigenvalue weighted by atomic mass is 10.1. The zero-order valence-corrected chi connectivity index (χ0v) is 5.94. The number of hydrogen-bond acceptors (Lipinski definition) is 3. The molecule has 0 aliphatic rings. The van der Waals surface area contributed by atoms with E-state index in [9.17, 15) is 5.11 Å². The smallest absolute Gasteiger partial charge is 0.0921 e. The summed E-state index contributed by atoms with van der Waals surface area (Å²) in [6.45, 7) is 0. The van der Waals surface area contributed by atoms with Gasteiger partial charge in [-0.15, -0.1) is 0 Å². The van der Waals surface area contributed by atoms with E-state index in [0.29, 0.717) is 0 Å². The van der Waals surface area contributed by atoms with E-state index in [0.717, 1.165) is 5.56 Å². The fourth-order valence-electron chi connectivity index (χ4n) is 0.790. The van der Waals surface area contributed by atoms with Gasteiger partial charge in [-0.3, -0.25) is 4.98 Å². The van der Waals surface area contributed by atoms with Crippen molar-refractivity contribution in [2.45, 2.75) is 12.5 Å². The molecule has 0 bridgehead atoms. The van der Waals surface area contributed by atoms with E-state index in [1.165, 1.54) is 0 Å². The van der Waals surface area contributed by atoms with E-state index in [1.807, 2.05) is 6.07 Å². The molecule has 0 spiro atoms. The van der Waals surface area contributed by atoms with Gasteiger partial charge in [-0.25, -0.2) is 0 Å². The van der Waals surface area contributed by atoms with Crippen LogP contribution in [0.25, 0.3) is 0 Å². The van der Waals surface area contributed by atoms with Crippen molar-refractivity contribution in [1.29, 1.82) is 5.26 Å². The Morgan fingerprint density at radius 2 is 2.18 bits per heavy atom. The van der Waals surface area contributed by atoms with Crippen LogP contribution in [0.4, 0.5) is 0 Å². The Kier molecular flexibility index (Phi) is 2.59. The molecule has 0 aliphatic heterocycles. The number of aliphatic hydroxyl groups excluding tert-OH is 1. The molecule has 1 aromatic heterocycles. The van der Waals surface area contributed by atoms with Crippen molar-refractivity contribution < 1.29 is 5.11 Å². The summed E-state index contributed by atoms with van der Waals surface area (Å²) in [5.41, 5.74) is 0.738. The average Bonchev–Trinajstić information content (AvgIpc) is 2.07. The Morgan fingerprint density at radius 3 is 2.73 bits per heavy atom. The van der Waals surface area contributed by atoms with Crippen LogP contribution in [0.2, 0.25) is 0 Å². The molecule has 0 radical (unpaired) electrons. The van der Waals surface area contributed by atoms with Crippen LogP contribution in [0.3, 0.4) is 0 Å². The SMILES string of the molecule is N#CC[C@@H](O)c1ccncc1. The third-order valence-corrected chi connectivity index (χ3v) is 1.38. The molecule has 0 amide bonds. The first-order chi connectivity index (χ1) is 5.34. The van der Waals surface area contributed by atoms with Crippen molar-refractivity contribution in [2.24, 2.45) is 0 Å². The molecule has 0 fully saturated rings. The minimum Gasteiger partial charge on any atom is -0.387 e. The normalized spacial score (nSPS) is 12.0. The summed E-state index contributed by atoms with van der Waals surface area (Å²) in [5, 5.41) is 17.5. The highest BCUT2D eigenvalue weighted by atomic mass is 16.3. The summed E-state index contributed by atoms with van der Waals surface area (Å²) in [5.74, 6) is 0. The summed E-state index contributed by atoms with van der Waals surface area (Å²) in [6.07, 6.45) is 2.64. The second kappa shape index (κ2) is 3.69. The van der Waals surface area contributed by atoms with E-state index in [1.54, 1.807) is 24.5 Å². The van der Waals surface area contributed by atoms with E-state index in [4.69, 9.17) is 5.26 Å².